The molecule has 0 aliphatic carbocycles. The Morgan fingerprint density at radius 2 is 0.644 bits per heavy atom. The molecule has 0 atom stereocenters. The van der Waals surface area contributed by atoms with Gasteiger partial charge in [-0.1, -0.05) is 202 Å². The third-order valence-corrected chi connectivity index (χ3v) is 12.9. The number of aromatic nitrogens is 2. The van der Waals surface area contributed by atoms with Gasteiger partial charge in [0.25, 0.3) is 23.3 Å². The van der Waals surface area contributed by atoms with Gasteiger partial charge in [-0.15, -0.1) is 0 Å². The molecule has 10 nitrogen and oxygen atoms in total. The van der Waals surface area contributed by atoms with Crippen LogP contribution in [-0.2, 0) is 59.8 Å². The summed E-state index contributed by atoms with van der Waals surface area (Å²) in [5, 5.41) is 26.4. The third-order valence-electron chi connectivity index (χ3n) is 12.9. The van der Waals surface area contributed by atoms with Crippen molar-refractivity contribution in [3.05, 3.63) is 105 Å². The van der Waals surface area contributed by atoms with E-state index in [9.17, 15) is 19.8 Å². The van der Waals surface area contributed by atoms with Crippen molar-refractivity contribution in [2.75, 3.05) is 0 Å². The van der Waals surface area contributed by atoms with E-state index in [1.54, 1.807) is 12.1 Å². The van der Waals surface area contributed by atoms with Crippen LogP contribution >= 0.6 is 0 Å². The smallest absolute Gasteiger partial charge is 0.871 e. The van der Waals surface area contributed by atoms with Gasteiger partial charge in [-0.05, 0) is 101 Å². The minimum absolute atomic E-state index is 0. The fourth-order valence-electron chi connectivity index (χ4n) is 8.02. The molecule has 0 bridgehead atoms. The zero-order valence-corrected chi connectivity index (χ0v) is 49.3. The Hall–Kier alpha value is -5.41. The first-order valence-corrected chi connectivity index (χ1v) is 25.2. The molecule has 0 aliphatic heterocycles. The Labute approximate surface area is 446 Å². The Bertz CT molecular complexity index is 2880. The van der Waals surface area contributed by atoms with Gasteiger partial charge < -0.3 is 19.0 Å². The van der Waals surface area contributed by atoms with Gasteiger partial charge in [-0.3, -0.25) is 19.6 Å². The molecule has 0 N–H and O–H groups in total. The van der Waals surface area contributed by atoms with Crippen LogP contribution in [0.4, 0.5) is 11.4 Å². The van der Waals surface area contributed by atoms with Crippen molar-refractivity contribution in [3.63, 3.8) is 0 Å². The van der Waals surface area contributed by atoms with E-state index < -0.39 is 11.6 Å². The predicted molar refractivity (Wildman–Crippen MR) is 294 cm³/mol. The molecule has 0 saturated carbocycles. The Morgan fingerprint density at radius 1 is 0.397 bits per heavy atom. The second kappa shape index (κ2) is 20.4. The second-order valence-corrected chi connectivity index (χ2v) is 27.8. The van der Waals surface area contributed by atoms with E-state index in [4.69, 9.17) is 8.83 Å². The Balaban J connectivity index is 0.000000312. The molecule has 0 aliphatic rings. The SMILES string of the molecule is CC(C)(C)c1cc(N=CC(=O)c2nc3cc(C(C)(C)C)cc(C(C)(C)C)c3o2)c([O-])c(C(C)(C)C)c1.CC(C)(C)c1cc(N=CC(=O)c2nc3cc(C(C)(C)C)cc(C(C)(C)C)c3o2)c([O-])c(C(C)(C)C)c1.[Ni+2]. The largest absolute Gasteiger partial charge is 2.00 e. The van der Waals surface area contributed by atoms with Gasteiger partial charge in [-0.2, -0.15) is 0 Å². The summed E-state index contributed by atoms with van der Waals surface area (Å²) in [5.74, 6) is -1.33. The molecule has 4 aromatic carbocycles. The second-order valence-electron chi connectivity index (χ2n) is 27.8. The van der Waals surface area contributed by atoms with Crippen molar-refractivity contribution >= 4 is 57.6 Å². The topological polar surface area (TPSA) is 157 Å². The summed E-state index contributed by atoms with van der Waals surface area (Å²) in [6, 6.07) is 15.7. The fraction of sp³-hybridized carbons (Fsp3) is 0.516. The summed E-state index contributed by atoms with van der Waals surface area (Å²) in [7, 11) is 0. The van der Waals surface area contributed by atoms with Crippen LogP contribution in [-0.4, -0.2) is 34.0 Å². The van der Waals surface area contributed by atoms with Gasteiger partial charge in [0.1, 0.15) is 11.0 Å². The third kappa shape index (κ3) is 14.1. The van der Waals surface area contributed by atoms with Crippen LogP contribution in [0, 0.1) is 0 Å². The molecular weight excluding hydrogens is 955 g/mol. The molecule has 6 rings (SSSR count). The first-order valence-electron chi connectivity index (χ1n) is 25.2. The van der Waals surface area contributed by atoms with Gasteiger partial charge >= 0.3 is 16.5 Å². The first kappa shape index (κ1) is 60.2. The van der Waals surface area contributed by atoms with Crippen LogP contribution in [0.5, 0.6) is 11.5 Å². The average Bonchev–Trinajstić information content (AvgIpc) is 3.84. The predicted octanol–water partition coefficient (Wildman–Crippen LogP) is 15.4. The number of hydrogen-bond acceptors (Lipinski definition) is 10. The van der Waals surface area contributed by atoms with Gasteiger partial charge in [0.2, 0.25) is 0 Å². The average molecular weight is 1040 g/mol. The van der Waals surface area contributed by atoms with Gasteiger partial charge in [-0.25, -0.2) is 9.97 Å². The van der Waals surface area contributed by atoms with Gasteiger partial charge in [0.15, 0.2) is 11.2 Å². The molecule has 73 heavy (non-hydrogen) atoms. The maximum atomic E-state index is 13.2. The van der Waals surface area contributed by atoms with E-state index in [1.807, 2.05) is 65.8 Å². The van der Waals surface area contributed by atoms with E-state index in [2.05, 4.69) is 157 Å². The Kier molecular flexibility index (Phi) is 16.8. The molecule has 0 amide bonds. The number of nitrogens with zero attached hydrogens (tertiary/aromatic N) is 4. The summed E-state index contributed by atoms with van der Waals surface area (Å²) >= 11 is 0. The number of rotatable bonds is 6. The minimum Gasteiger partial charge on any atom is -0.871 e. The summed E-state index contributed by atoms with van der Waals surface area (Å²) in [6.07, 6.45) is 2.31. The molecule has 11 heteroatoms. The van der Waals surface area contributed by atoms with Crippen molar-refractivity contribution in [1.29, 1.82) is 0 Å². The molecule has 0 radical (unpaired) electrons. The maximum absolute atomic E-state index is 13.2. The number of hydrogen-bond donors (Lipinski definition) is 0. The molecular formula is C62H82N4NiO6. The van der Waals surface area contributed by atoms with Gasteiger partial charge in [0.05, 0.1) is 23.8 Å². The number of aliphatic imine (C=N–C) groups is 2. The normalized spacial score (nSPS) is 13.5. The number of carbonyl (C=O) groups is 2. The van der Waals surface area contributed by atoms with Crippen LogP contribution in [0.1, 0.15) is 232 Å². The number of Topliss-reactive ketones (excluding diaryl/α,β-unsaturated/α-hetero) is 2. The van der Waals surface area contributed by atoms with E-state index >= 15 is 0 Å². The number of oxazole rings is 2. The van der Waals surface area contributed by atoms with Crippen LogP contribution in [0.15, 0.2) is 67.4 Å². The van der Waals surface area contributed by atoms with Crippen LogP contribution < -0.4 is 10.2 Å². The first-order chi connectivity index (χ1) is 32.4. The molecule has 0 fully saturated rings. The van der Waals surface area contributed by atoms with E-state index in [-0.39, 0.29) is 94.5 Å². The maximum Gasteiger partial charge on any atom is 2.00 e. The van der Waals surface area contributed by atoms with Crippen molar-refractivity contribution in [3.8, 4) is 11.5 Å². The molecule has 0 saturated heterocycles. The summed E-state index contributed by atoms with van der Waals surface area (Å²) in [5.41, 5.74) is 9.08. The standard InChI is InChI=1S/2C31H42N2O3.Ni/c2*1-28(2,3)18-13-20(30(7,8)9)25(35)22(15-18)32-17-24(34)27-33-23-16-19(29(4,5)6)14-21(26(23)36-27)31(10,11)12;/h2*13-17,35H,1-12H3;/q;;+2/p-2. The summed E-state index contributed by atoms with van der Waals surface area (Å²) in [6.45, 7) is 50.2. The Morgan fingerprint density at radius 3 is 0.890 bits per heavy atom. The van der Waals surface area contributed by atoms with Crippen molar-refractivity contribution in [1.82, 2.24) is 9.97 Å². The van der Waals surface area contributed by atoms with Crippen LogP contribution in [0.3, 0.4) is 0 Å². The molecule has 0 unspecified atom stereocenters. The zero-order valence-electron chi connectivity index (χ0n) is 48.3. The zero-order chi connectivity index (χ0) is 54.9. The molecule has 2 aromatic heterocycles. The molecule has 0 spiro atoms. The minimum atomic E-state index is -0.471. The summed E-state index contributed by atoms with van der Waals surface area (Å²) in [4.78, 5) is 43.9. The van der Waals surface area contributed by atoms with Crippen molar-refractivity contribution in [2.24, 2.45) is 9.98 Å². The quantitative estimate of drug-likeness (QED) is 0.0906. The van der Waals surface area contributed by atoms with E-state index in [1.165, 1.54) is 0 Å². The number of benzene rings is 4. The monoisotopic (exact) mass is 1040 g/mol. The molecule has 396 valence electrons. The number of fused-ring (bicyclic) bond motifs is 2. The van der Waals surface area contributed by atoms with Crippen molar-refractivity contribution < 1.29 is 45.1 Å². The number of carbonyl (C=O) groups excluding carboxylic acids is 2. The summed E-state index contributed by atoms with van der Waals surface area (Å²) < 4.78 is 12.0. The number of ketones is 2. The fourth-order valence-corrected chi connectivity index (χ4v) is 8.02. The van der Waals surface area contributed by atoms with Crippen molar-refractivity contribution in [2.45, 2.75) is 209 Å². The van der Waals surface area contributed by atoms with E-state index in [0.717, 1.165) is 45.8 Å². The molecule has 6 aromatic rings. The van der Waals surface area contributed by atoms with E-state index in [0.29, 0.717) is 33.3 Å². The van der Waals surface area contributed by atoms with Gasteiger partial charge in [0, 0.05) is 11.1 Å². The van der Waals surface area contributed by atoms with Crippen LogP contribution in [0.25, 0.3) is 22.2 Å². The van der Waals surface area contributed by atoms with Crippen LogP contribution in [0.2, 0.25) is 0 Å². The molecule has 2 heterocycles.